The second-order valence-electron chi connectivity index (χ2n) is 4.53. The summed E-state index contributed by atoms with van der Waals surface area (Å²) in [5.74, 6) is -0.711. The second-order valence-corrected chi connectivity index (χ2v) is 4.93. The van der Waals surface area contributed by atoms with Crippen molar-refractivity contribution in [3.05, 3.63) is 23.2 Å². The molecule has 1 aliphatic rings. The van der Waals surface area contributed by atoms with Crippen LogP contribution in [0.5, 0.6) is 5.75 Å². The van der Waals surface area contributed by atoms with Crippen molar-refractivity contribution in [1.29, 1.82) is 0 Å². The van der Waals surface area contributed by atoms with Gasteiger partial charge in [0.05, 0.1) is 5.02 Å². The Morgan fingerprint density at radius 2 is 2.24 bits per heavy atom. The van der Waals surface area contributed by atoms with E-state index in [-0.39, 0.29) is 22.6 Å². The summed E-state index contributed by atoms with van der Waals surface area (Å²) < 4.78 is 28.4. The van der Waals surface area contributed by atoms with Gasteiger partial charge in [0, 0.05) is 12.1 Å². The van der Waals surface area contributed by atoms with E-state index in [1.54, 1.807) is 0 Å². The van der Waals surface area contributed by atoms with Crippen molar-refractivity contribution in [3.8, 4) is 5.75 Å². The molecule has 1 aromatic carbocycles. The van der Waals surface area contributed by atoms with Crippen LogP contribution in [0.25, 0.3) is 0 Å². The number of hydrogen-bond acceptors (Lipinski definition) is 3. The summed E-state index contributed by atoms with van der Waals surface area (Å²) in [6.07, 6.45) is 1.61. The minimum Gasteiger partial charge on any atom is -0.433 e. The molecule has 1 saturated heterocycles. The fourth-order valence-electron chi connectivity index (χ4n) is 2.00. The Labute approximate surface area is 124 Å². The Morgan fingerprint density at radius 1 is 1.48 bits per heavy atom. The molecule has 0 radical (unpaired) electrons. The molecule has 1 fully saturated rings. The first kappa shape index (κ1) is 15.5. The highest BCUT2D eigenvalue weighted by atomic mass is 35.5. The number of anilines is 1. The molecule has 2 amide bonds. The average Bonchev–Trinajstić information content (AvgIpc) is 2.41. The number of ether oxygens (including phenoxy) is 1. The molecule has 0 spiro atoms. The Bertz CT molecular complexity index is 554. The van der Waals surface area contributed by atoms with Gasteiger partial charge < -0.3 is 15.4 Å². The van der Waals surface area contributed by atoms with Gasteiger partial charge in [-0.2, -0.15) is 8.78 Å². The fourth-order valence-corrected chi connectivity index (χ4v) is 2.23. The Kier molecular flexibility index (Phi) is 4.95. The average molecular weight is 319 g/mol. The van der Waals surface area contributed by atoms with E-state index >= 15 is 0 Å². The zero-order chi connectivity index (χ0) is 15.4. The van der Waals surface area contributed by atoms with Gasteiger partial charge in [-0.1, -0.05) is 11.6 Å². The fraction of sp³-hybridized carbons (Fsp3) is 0.385. The lowest BCUT2D eigenvalue weighted by molar-refractivity contribution is -0.128. The molecule has 1 atom stereocenters. The largest absolute Gasteiger partial charge is 0.433 e. The van der Waals surface area contributed by atoms with E-state index < -0.39 is 12.7 Å². The van der Waals surface area contributed by atoms with E-state index in [9.17, 15) is 18.4 Å². The third-order valence-corrected chi connectivity index (χ3v) is 3.26. The summed E-state index contributed by atoms with van der Waals surface area (Å²) in [6.45, 7) is -2.97. The molecule has 0 aliphatic carbocycles. The number of piperidine rings is 1. The Hall–Kier alpha value is -1.89. The van der Waals surface area contributed by atoms with Crippen molar-refractivity contribution in [2.75, 3.05) is 5.32 Å². The van der Waals surface area contributed by atoms with Crippen molar-refractivity contribution in [1.82, 2.24) is 5.32 Å². The van der Waals surface area contributed by atoms with Gasteiger partial charge in [-0.15, -0.1) is 0 Å². The minimum absolute atomic E-state index is 0.0409. The topological polar surface area (TPSA) is 67.4 Å². The van der Waals surface area contributed by atoms with E-state index in [1.165, 1.54) is 18.2 Å². The molecule has 8 heteroatoms. The van der Waals surface area contributed by atoms with Crippen molar-refractivity contribution in [3.63, 3.8) is 0 Å². The molecule has 0 aromatic heterocycles. The molecule has 0 unspecified atom stereocenters. The van der Waals surface area contributed by atoms with E-state index in [0.29, 0.717) is 24.9 Å². The van der Waals surface area contributed by atoms with E-state index in [4.69, 9.17) is 11.6 Å². The summed E-state index contributed by atoms with van der Waals surface area (Å²) in [6, 6.07) is 3.35. The number of hydrogen-bond donors (Lipinski definition) is 2. The molecule has 114 valence electrons. The van der Waals surface area contributed by atoms with Gasteiger partial charge in [0.1, 0.15) is 11.8 Å². The highest BCUT2D eigenvalue weighted by Gasteiger charge is 2.24. The zero-order valence-corrected chi connectivity index (χ0v) is 11.6. The lowest BCUT2D eigenvalue weighted by atomic mass is 10.0. The van der Waals surface area contributed by atoms with Crippen LogP contribution in [-0.4, -0.2) is 24.5 Å². The van der Waals surface area contributed by atoms with Crippen molar-refractivity contribution >= 4 is 29.1 Å². The smallest absolute Gasteiger partial charge is 0.387 e. The molecule has 5 nitrogen and oxygen atoms in total. The number of halogens is 3. The maximum atomic E-state index is 12.1. The molecule has 21 heavy (non-hydrogen) atoms. The summed E-state index contributed by atoms with van der Waals surface area (Å²) in [7, 11) is 0. The molecular formula is C13H13ClF2N2O3. The molecule has 1 aromatic rings. The number of alkyl halides is 2. The molecule has 2 rings (SSSR count). The standard InChI is InChI=1S/C13H13ClF2N2O3/c14-8-6-7(4-5-10(8)21-13(15)16)17-12(20)9-2-1-3-11(19)18-9/h4-6,9,13H,1-3H2,(H,17,20)(H,18,19)/t9-/m1/s1. The van der Waals surface area contributed by atoms with Crippen LogP contribution in [0, 0.1) is 0 Å². The van der Waals surface area contributed by atoms with Gasteiger partial charge in [0.25, 0.3) is 0 Å². The van der Waals surface area contributed by atoms with Crippen LogP contribution < -0.4 is 15.4 Å². The predicted octanol–water partition coefficient (Wildman–Crippen LogP) is 2.55. The van der Waals surface area contributed by atoms with Crippen molar-refractivity contribution < 1.29 is 23.1 Å². The molecule has 1 heterocycles. The highest BCUT2D eigenvalue weighted by Crippen LogP contribution is 2.29. The molecule has 0 bridgehead atoms. The van der Waals surface area contributed by atoms with Gasteiger partial charge in [-0.25, -0.2) is 0 Å². The number of nitrogens with one attached hydrogen (secondary N) is 2. The number of benzene rings is 1. The van der Waals surface area contributed by atoms with Gasteiger partial charge in [-0.3, -0.25) is 9.59 Å². The summed E-state index contributed by atoms with van der Waals surface area (Å²) >= 11 is 5.79. The van der Waals surface area contributed by atoms with Crippen LogP contribution >= 0.6 is 11.6 Å². The summed E-state index contributed by atoms with van der Waals surface area (Å²) in [4.78, 5) is 23.2. The first-order chi connectivity index (χ1) is 9.95. The van der Waals surface area contributed by atoms with Crippen LogP contribution in [0.15, 0.2) is 18.2 Å². The zero-order valence-electron chi connectivity index (χ0n) is 10.9. The van der Waals surface area contributed by atoms with E-state index in [0.717, 1.165) is 0 Å². The first-order valence-corrected chi connectivity index (χ1v) is 6.68. The molecular weight excluding hydrogens is 306 g/mol. The predicted molar refractivity (Wildman–Crippen MR) is 72.5 cm³/mol. The van der Waals surface area contributed by atoms with Crippen LogP contribution in [0.1, 0.15) is 19.3 Å². The monoisotopic (exact) mass is 318 g/mol. The van der Waals surface area contributed by atoms with Gasteiger partial charge in [0.15, 0.2) is 0 Å². The summed E-state index contributed by atoms with van der Waals surface area (Å²) in [5.41, 5.74) is 0.339. The Balaban J connectivity index is 2.00. The first-order valence-electron chi connectivity index (χ1n) is 6.30. The van der Waals surface area contributed by atoms with Crippen LogP contribution in [0.4, 0.5) is 14.5 Å². The quantitative estimate of drug-likeness (QED) is 0.896. The SMILES string of the molecule is O=C1CCC[C@H](C(=O)Nc2ccc(OC(F)F)c(Cl)c2)N1. The molecule has 1 aliphatic heterocycles. The van der Waals surface area contributed by atoms with Gasteiger partial charge in [0.2, 0.25) is 11.8 Å². The number of carbonyl (C=O) groups excluding carboxylic acids is 2. The lowest BCUT2D eigenvalue weighted by Gasteiger charge is -2.22. The lowest BCUT2D eigenvalue weighted by Crippen LogP contribution is -2.46. The van der Waals surface area contributed by atoms with Crippen LogP contribution in [0.2, 0.25) is 5.02 Å². The molecule has 0 saturated carbocycles. The van der Waals surface area contributed by atoms with Crippen molar-refractivity contribution in [2.45, 2.75) is 31.9 Å². The third-order valence-electron chi connectivity index (χ3n) is 2.96. The maximum absolute atomic E-state index is 12.1. The van der Waals surface area contributed by atoms with E-state index in [1.807, 2.05) is 0 Å². The highest BCUT2D eigenvalue weighted by molar-refractivity contribution is 6.32. The molecule has 2 N–H and O–H groups in total. The van der Waals surface area contributed by atoms with Gasteiger partial charge in [-0.05, 0) is 31.0 Å². The normalized spacial score (nSPS) is 18.3. The van der Waals surface area contributed by atoms with Gasteiger partial charge >= 0.3 is 6.61 Å². The number of carbonyl (C=O) groups is 2. The van der Waals surface area contributed by atoms with Crippen LogP contribution in [0.3, 0.4) is 0 Å². The van der Waals surface area contributed by atoms with Crippen LogP contribution in [-0.2, 0) is 9.59 Å². The van der Waals surface area contributed by atoms with E-state index in [2.05, 4.69) is 15.4 Å². The minimum atomic E-state index is -2.97. The third kappa shape index (κ3) is 4.29. The summed E-state index contributed by atoms with van der Waals surface area (Å²) in [5, 5.41) is 5.11. The Morgan fingerprint density at radius 3 is 2.86 bits per heavy atom. The maximum Gasteiger partial charge on any atom is 0.387 e. The number of rotatable bonds is 4. The van der Waals surface area contributed by atoms with Crippen molar-refractivity contribution in [2.24, 2.45) is 0 Å². The second kappa shape index (κ2) is 6.71. The number of amides is 2.